The lowest BCUT2D eigenvalue weighted by Gasteiger charge is -2.12. The fourth-order valence-corrected chi connectivity index (χ4v) is 3.04. The van der Waals surface area contributed by atoms with Crippen LogP contribution in [0.4, 0.5) is 4.79 Å². The maximum Gasteiger partial charge on any atom is 0.420 e. The van der Waals surface area contributed by atoms with Crippen LogP contribution in [0, 0.1) is 5.92 Å². The van der Waals surface area contributed by atoms with E-state index >= 15 is 0 Å². The molecule has 3 N–H and O–H groups in total. The van der Waals surface area contributed by atoms with Gasteiger partial charge in [0.2, 0.25) is 0 Å². The quantitative estimate of drug-likeness (QED) is 0.767. The molecule has 124 valence electrons. The minimum Gasteiger partial charge on any atom is -0.408 e. The first-order chi connectivity index (χ1) is 11.1. The molecule has 1 heterocycles. The van der Waals surface area contributed by atoms with Gasteiger partial charge in [-0.1, -0.05) is 12.1 Å². The zero-order valence-corrected chi connectivity index (χ0v) is 12.8. The zero-order chi connectivity index (χ0) is 16.2. The summed E-state index contributed by atoms with van der Waals surface area (Å²) in [4.78, 5) is 23.6. The van der Waals surface area contributed by atoms with Gasteiger partial charge in [0.15, 0.2) is 5.58 Å². The highest BCUT2D eigenvalue weighted by molar-refractivity contribution is 5.74. The molecule has 0 bridgehead atoms. The number of fused-ring (bicyclic) bond motifs is 1. The van der Waals surface area contributed by atoms with E-state index in [4.69, 9.17) is 4.42 Å². The van der Waals surface area contributed by atoms with Crippen LogP contribution >= 0.6 is 0 Å². The summed E-state index contributed by atoms with van der Waals surface area (Å²) in [5.74, 6) is -0.0791. The Morgan fingerprint density at radius 1 is 1.30 bits per heavy atom. The number of oxazole rings is 1. The van der Waals surface area contributed by atoms with Crippen LogP contribution in [-0.2, 0) is 6.54 Å². The zero-order valence-electron chi connectivity index (χ0n) is 12.8. The SMILES string of the molecule is O=C(NCCn1c(=O)oc2ccccc21)NC[C@@H]1CC[C@H](O)C1. The molecule has 0 radical (unpaired) electrons. The number of carbonyl (C=O) groups is 1. The number of benzene rings is 1. The van der Waals surface area contributed by atoms with Crippen molar-refractivity contribution in [3.8, 4) is 0 Å². The van der Waals surface area contributed by atoms with Crippen molar-refractivity contribution < 1.29 is 14.3 Å². The highest BCUT2D eigenvalue weighted by Crippen LogP contribution is 2.24. The summed E-state index contributed by atoms with van der Waals surface area (Å²) >= 11 is 0. The van der Waals surface area contributed by atoms with Crippen LogP contribution in [-0.4, -0.2) is 34.9 Å². The molecule has 0 unspecified atom stereocenters. The van der Waals surface area contributed by atoms with Crippen LogP contribution in [0.1, 0.15) is 19.3 Å². The van der Waals surface area contributed by atoms with Crippen LogP contribution < -0.4 is 16.4 Å². The lowest BCUT2D eigenvalue weighted by molar-refractivity contribution is 0.177. The number of aromatic nitrogens is 1. The van der Waals surface area contributed by atoms with Gasteiger partial charge in [-0.2, -0.15) is 0 Å². The normalized spacial score (nSPS) is 20.7. The van der Waals surface area contributed by atoms with Crippen molar-refractivity contribution in [2.45, 2.75) is 31.9 Å². The number of rotatable bonds is 5. The van der Waals surface area contributed by atoms with E-state index in [-0.39, 0.29) is 12.1 Å². The summed E-state index contributed by atoms with van der Waals surface area (Å²) in [6, 6.07) is 6.94. The molecule has 2 aromatic rings. The Kier molecular flexibility index (Phi) is 4.66. The summed E-state index contributed by atoms with van der Waals surface area (Å²) < 4.78 is 6.64. The third-order valence-corrected chi connectivity index (χ3v) is 4.26. The van der Waals surface area contributed by atoms with E-state index in [1.54, 1.807) is 12.1 Å². The molecule has 23 heavy (non-hydrogen) atoms. The maximum absolute atomic E-state index is 11.8. The summed E-state index contributed by atoms with van der Waals surface area (Å²) in [6.45, 7) is 1.26. The van der Waals surface area contributed by atoms with Gasteiger partial charge in [-0.15, -0.1) is 0 Å². The molecule has 1 fully saturated rings. The molecule has 1 aromatic heterocycles. The minimum absolute atomic E-state index is 0.230. The summed E-state index contributed by atoms with van der Waals surface area (Å²) in [7, 11) is 0. The van der Waals surface area contributed by atoms with Crippen LogP contribution in [0.25, 0.3) is 11.1 Å². The van der Waals surface area contributed by atoms with Gasteiger partial charge in [0, 0.05) is 19.6 Å². The van der Waals surface area contributed by atoms with Gasteiger partial charge < -0.3 is 20.2 Å². The van der Waals surface area contributed by atoms with E-state index in [1.807, 2.05) is 12.1 Å². The highest BCUT2D eigenvalue weighted by Gasteiger charge is 2.22. The van der Waals surface area contributed by atoms with E-state index < -0.39 is 5.76 Å². The van der Waals surface area contributed by atoms with E-state index in [0.29, 0.717) is 31.1 Å². The van der Waals surface area contributed by atoms with Crippen molar-refractivity contribution in [2.75, 3.05) is 13.1 Å². The Morgan fingerprint density at radius 3 is 2.91 bits per heavy atom. The van der Waals surface area contributed by atoms with Gasteiger partial charge in [0.25, 0.3) is 0 Å². The molecule has 0 aliphatic heterocycles. The molecule has 1 aliphatic carbocycles. The monoisotopic (exact) mass is 319 g/mol. The van der Waals surface area contributed by atoms with Gasteiger partial charge >= 0.3 is 11.8 Å². The van der Waals surface area contributed by atoms with Crippen LogP contribution in [0.2, 0.25) is 0 Å². The van der Waals surface area contributed by atoms with E-state index in [9.17, 15) is 14.7 Å². The van der Waals surface area contributed by atoms with Crippen LogP contribution in [0.15, 0.2) is 33.5 Å². The summed E-state index contributed by atoms with van der Waals surface area (Å²) in [5.41, 5.74) is 1.27. The van der Waals surface area contributed by atoms with Gasteiger partial charge in [-0.3, -0.25) is 4.57 Å². The van der Waals surface area contributed by atoms with Crippen molar-refractivity contribution in [1.29, 1.82) is 0 Å². The molecule has 7 heteroatoms. The Morgan fingerprint density at radius 2 is 2.13 bits per heavy atom. The Labute approximate surface area is 133 Å². The molecule has 3 rings (SSSR count). The van der Waals surface area contributed by atoms with Crippen molar-refractivity contribution in [2.24, 2.45) is 5.92 Å². The topological polar surface area (TPSA) is 96.5 Å². The van der Waals surface area contributed by atoms with E-state index in [0.717, 1.165) is 24.8 Å². The summed E-state index contributed by atoms with van der Waals surface area (Å²) in [5, 5.41) is 15.0. The third kappa shape index (κ3) is 3.73. The number of aliphatic hydroxyl groups excluding tert-OH is 1. The molecule has 0 spiro atoms. The fraction of sp³-hybridized carbons (Fsp3) is 0.500. The van der Waals surface area contributed by atoms with Crippen molar-refractivity contribution in [3.63, 3.8) is 0 Å². The Hall–Kier alpha value is -2.28. The molecule has 2 atom stereocenters. The Balaban J connectivity index is 1.46. The largest absolute Gasteiger partial charge is 0.420 e. The first-order valence-corrected chi connectivity index (χ1v) is 7.91. The number of hydrogen-bond acceptors (Lipinski definition) is 4. The predicted molar refractivity (Wildman–Crippen MR) is 85.2 cm³/mol. The molecule has 2 amide bonds. The average molecular weight is 319 g/mol. The van der Waals surface area contributed by atoms with Crippen molar-refractivity contribution in [1.82, 2.24) is 15.2 Å². The number of amides is 2. The third-order valence-electron chi connectivity index (χ3n) is 4.26. The van der Waals surface area contributed by atoms with Crippen LogP contribution in [0.3, 0.4) is 0 Å². The molecular weight excluding hydrogens is 298 g/mol. The lowest BCUT2D eigenvalue weighted by atomic mass is 10.1. The number of para-hydroxylation sites is 2. The molecule has 0 saturated heterocycles. The van der Waals surface area contributed by atoms with Gasteiger partial charge in [-0.05, 0) is 37.3 Å². The fourth-order valence-electron chi connectivity index (χ4n) is 3.04. The molecular formula is C16H21N3O4. The number of carbonyl (C=O) groups excluding carboxylic acids is 1. The number of aliphatic hydroxyl groups is 1. The van der Waals surface area contributed by atoms with E-state index in [1.165, 1.54) is 4.57 Å². The number of nitrogens with one attached hydrogen (secondary N) is 2. The lowest BCUT2D eigenvalue weighted by Crippen LogP contribution is -2.39. The first kappa shape index (κ1) is 15.6. The molecule has 1 saturated carbocycles. The van der Waals surface area contributed by atoms with Gasteiger partial charge in [0.05, 0.1) is 11.6 Å². The average Bonchev–Trinajstić information content (AvgIpc) is 3.09. The second-order valence-electron chi connectivity index (χ2n) is 5.96. The highest BCUT2D eigenvalue weighted by atomic mass is 16.4. The summed E-state index contributed by atoms with van der Waals surface area (Å²) in [6.07, 6.45) is 2.27. The van der Waals surface area contributed by atoms with Crippen molar-refractivity contribution in [3.05, 3.63) is 34.8 Å². The number of hydrogen-bond donors (Lipinski definition) is 3. The molecule has 1 aliphatic rings. The number of urea groups is 1. The minimum atomic E-state index is -0.423. The van der Waals surface area contributed by atoms with E-state index in [2.05, 4.69) is 10.6 Å². The second-order valence-corrected chi connectivity index (χ2v) is 5.96. The second kappa shape index (κ2) is 6.87. The Bertz CT molecular complexity index is 736. The molecule has 7 nitrogen and oxygen atoms in total. The maximum atomic E-state index is 11.8. The number of nitrogens with zero attached hydrogens (tertiary/aromatic N) is 1. The predicted octanol–water partition coefficient (Wildman–Crippen LogP) is 1.05. The first-order valence-electron chi connectivity index (χ1n) is 7.91. The molecule has 1 aromatic carbocycles. The van der Waals surface area contributed by atoms with Crippen LogP contribution in [0.5, 0.6) is 0 Å². The van der Waals surface area contributed by atoms with Gasteiger partial charge in [-0.25, -0.2) is 9.59 Å². The standard InChI is InChI=1S/C16H21N3O4/c20-12-6-5-11(9-12)10-18-15(21)17-7-8-19-13-3-1-2-4-14(13)23-16(19)22/h1-4,11-12,20H,5-10H2,(H2,17,18,21)/t11-,12+/m1/s1. The smallest absolute Gasteiger partial charge is 0.408 e. The van der Waals surface area contributed by atoms with Crippen molar-refractivity contribution >= 4 is 17.1 Å². The van der Waals surface area contributed by atoms with Gasteiger partial charge in [0.1, 0.15) is 0 Å².